The maximum absolute atomic E-state index is 5.83. The molecule has 1 aliphatic carbocycles. The van der Waals surface area contributed by atoms with Crippen LogP contribution in [0.2, 0.25) is 5.15 Å². The molecule has 1 nitrogen and oxygen atoms in total. The van der Waals surface area contributed by atoms with Gasteiger partial charge >= 0.3 is 0 Å². The summed E-state index contributed by atoms with van der Waals surface area (Å²) in [7, 11) is 0. The van der Waals surface area contributed by atoms with E-state index in [9.17, 15) is 0 Å². The van der Waals surface area contributed by atoms with Gasteiger partial charge in [-0.3, -0.25) is 0 Å². The van der Waals surface area contributed by atoms with E-state index in [1.165, 1.54) is 19.3 Å². The third-order valence-electron chi connectivity index (χ3n) is 2.60. The summed E-state index contributed by atoms with van der Waals surface area (Å²) in [4.78, 5) is 4.30. The van der Waals surface area contributed by atoms with Crippen LogP contribution < -0.4 is 0 Å². The maximum atomic E-state index is 5.83. The average molecular weight is 208 g/mol. The van der Waals surface area contributed by atoms with E-state index in [2.05, 4.69) is 17.1 Å². The summed E-state index contributed by atoms with van der Waals surface area (Å²) in [5.74, 6) is 0.662. The van der Waals surface area contributed by atoms with E-state index < -0.39 is 0 Å². The Morgan fingerprint density at radius 1 is 1.43 bits per heavy atom. The average Bonchev–Trinajstić information content (AvgIpc) is 2.19. The van der Waals surface area contributed by atoms with E-state index in [0.717, 1.165) is 12.1 Å². The van der Waals surface area contributed by atoms with Crippen LogP contribution in [-0.2, 0) is 6.42 Å². The van der Waals surface area contributed by atoms with Crippen LogP contribution in [0.4, 0.5) is 0 Å². The second kappa shape index (κ2) is 4.61. The van der Waals surface area contributed by atoms with Gasteiger partial charge in [-0.05, 0) is 43.7 Å². The Bertz CT molecular complexity index is 333. The van der Waals surface area contributed by atoms with Crippen molar-refractivity contribution in [2.24, 2.45) is 5.92 Å². The Labute approximate surface area is 89.8 Å². The molecule has 0 saturated heterocycles. The second-order valence-corrected chi connectivity index (χ2v) is 4.16. The van der Waals surface area contributed by atoms with E-state index in [-0.39, 0.29) is 0 Å². The minimum Gasteiger partial charge on any atom is -0.241 e. The molecule has 1 heterocycles. The Kier molecular flexibility index (Phi) is 3.20. The Morgan fingerprint density at radius 2 is 2.36 bits per heavy atom. The van der Waals surface area contributed by atoms with Crippen molar-refractivity contribution in [1.82, 2.24) is 4.98 Å². The van der Waals surface area contributed by atoms with Gasteiger partial charge in [0.05, 0.1) is 0 Å². The van der Waals surface area contributed by atoms with Crippen LogP contribution in [0.5, 0.6) is 0 Å². The molecular weight excluding hydrogens is 194 g/mol. The molecule has 0 amide bonds. The van der Waals surface area contributed by atoms with E-state index >= 15 is 0 Å². The van der Waals surface area contributed by atoms with Crippen molar-refractivity contribution in [3.63, 3.8) is 0 Å². The van der Waals surface area contributed by atoms with Gasteiger partial charge in [-0.2, -0.15) is 0 Å². The molecule has 0 aliphatic heterocycles. The van der Waals surface area contributed by atoms with Crippen LogP contribution in [-0.4, -0.2) is 4.98 Å². The summed E-state index contributed by atoms with van der Waals surface area (Å²) >= 11 is 5.83. The standard InChI is InChI=1S/C12H14ClN/c13-12-8-4-7-11(14-12)9-10-5-2-1-3-6-10/h2,4-5,7-8,10H,1,3,6,9H2. The summed E-state index contributed by atoms with van der Waals surface area (Å²) in [6, 6.07) is 5.84. The molecule has 2 heteroatoms. The highest BCUT2D eigenvalue weighted by Crippen LogP contribution is 2.21. The number of aromatic nitrogens is 1. The van der Waals surface area contributed by atoms with Crippen LogP contribution in [0, 0.1) is 5.92 Å². The molecule has 74 valence electrons. The van der Waals surface area contributed by atoms with Crippen LogP contribution in [0.15, 0.2) is 30.4 Å². The number of hydrogen-bond donors (Lipinski definition) is 0. The van der Waals surface area contributed by atoms with Gasteiger partial charge in [0.2, 0.25) is 0 Å². The van der Waals surface area contributed by atoms with Crippen LogP contribution >= 0.6 is 11.6 Å². The Morgan fingerprint density at radius 3 is 3.07 bits per heavy atom. The fourth-order valence-electron chi connectivity index (χ4n) is 1.89. The molecule has 0 aromatic carbocycles. The van der Waals surface area contributed by atoms with Crippen molar-refractivity contribution in [2.75, 3.05) is 0 Å². The number of nitrogens with zero attached hydrogens (tertiary/aromatic N) is 1. The van der Waals surface area contributed by atoms with Crippen molar-refractivity contribution < 1.29 is 0 Å². The molecule has 1 aromatic heterocycles. The minimum absolute atomic E-state index is 0.599. The number of allylic oxidation sites excluding steroid dienone is 2. The van der Waals surface area contributed by atoms with E-state index in [1.54, 1.807) is 0 Å². The molecule has 0 saturated carbocycles. The molecule has 2 rings (SSSR count). The van der Waals surface area contributed by atoms with Crippen molar-refractivity contribution in [1.29, 1.82) is 0 Å². The summed E-state index contributed by atoms with van der Waals surface area (Å²) in [6.07, 6.45) is 9.44. The van der Waals surface area contributed by atoms with Crippen LogP contribution in [0.25, 0.3) is 0 Å². The smallest absolute Gasteiger partial charge is 0.129 e. The molecule has 1 unspecified atom stereocenters. The lowest BCUT2D eigenvalue weighted by Gasteiger charge is -2.15. The topological polar surface area (TPSA) is 12.9 Å². The molecule has 1 aromatic rings. The second-order valence-electron chi connectivity index (χ2n) is 3.77. The van der Waals surface area contributed by atoms with E-state index in [4.69, 9.17) is 11.6 Å². The number of pyridine rings is 1. The lowest BCUT2D eigenvalue weighted by molar-refractivity contribution is 0.533. The zero-order valence-electron chi connectivity index (χ0n) is 8.12. The molecule has 1 atom stereocenters. The molecular formula is C12H14ClN. The fourth-order valence-corrected chi connectivity index (χ4v) is 2.07. The highest BCUT2D eigenvalue weighted by molar-refractivity contribution is 6.29. The van der Waals surface area contributed by atoms with Gasteiger partial charge < -0.3 is 0 Å². The van der Waals surface area contributed by atoms with Gasteiger partial charge in [0, 0.05) is 5.69 Å². The lowest BCUT2D eigenvalue weighted by atomic mass is 9.92. The van der Waals surface area contributed by atoms with Gasteiger partial charge in [0.1, 0.15) is 5.15 Å². The maximum Gasteiger partial charge on any atom is 0.129 e. The lowest BCUT2D eigenvalue weighted by Crippen LogP contribution is -2.05. The third-order valence-corrected chi connectivity index (χ3v) is 2.81. The first kappa shape index (κ1) is 9.72. The van der Waals surface area contributed by atoms with E-state index in [0.29, 0.717) is 11.1 Å². The third kappa shape index (κ3) is 2.58. The summed E-state index contributed by atoms with van der Waals surface area (Å²) < 4.78 is 0. The minimum atomic E-state index is 0.599. The molecule has 0 fully saturated rings. The van der Waals surface area contributed by atoms with Gasteiger partial charge in [-0.25, -0.2) is 4.98 Å². The largest absolute Gasteiger partial charge is 0.241 e. The van der Waals surface area contributed by atoms with Crippen molar-refractivity contribution in [2.45, 2.75) is 25.7 Å². The van der Waals surface area contributed by atoms with Gasteiger partial charge in [0.25, 0.3) is 0 Å². The molecule has 0 bridgehead atoms. The Balaban J connectivity index is 2.02. The summed E-state index contributed by atoms with van der Waals surface area (Å²) in [5.41, 5.74) is 1.11. The zero-order chi connectivity index (χ0) is 9.80. The van der Waals surface area contributed by atoms with Crippen molar-refractivity contribution in [3.05, 3.63) is 41.2 Å². The van der Waals surface area contributed by atoms with Gasteiger partial charge in [-0.1, -0.05) is 29.8 Å². The normalized spacial score (nSPS) is 21.1. The number of rotatable bonds is 2. The van der Waals surface area contributed by atoms with Crippen molar-refractivity contribution in [3.8, 4) is 0 Å². The molecule has 14 heavy (non-hydrogen) atoms. The predicted octanol–water partition coefficient (Wildman–Crippen LogP) is 3.63. The predicted molar refractivity (Wildman–Crippen MR) is 59.4 cm³/mol. The first-order chi connectivity index (χ1) is 6.84. The fraction of sp³-hybridized carbons (Fsp3) is 0.417. The summed E-state index contributed by atoms with van der Waals surface area (Å²) in [6.45, 7) is 0. The van der Waals surface area contributed by atoms with E-state index in [1.807, 2.05) is 18.2 Å². The SMILES string of the molecule is Clc1cccc(CC2C=CCCC2)n1. The zero-order valence-corrected chi connectivity index (χ0v) is 8.87. The molecule has 0 N–H and O–H groups in total. The highest BCUT2D eigenvalue weighted by Gasteiger charge is 2.09. The van der Waals surface area contributed by atoms with Gasteiger partial charge in [-0.15, -0.1) is 0 Å². The monoisotopic (exact) mass is 207 g/mol. The first-order valence-corrected chi connectivity index (χ1v) is 5.50. The summed E-state index contributed by atoms with van der Waals surface area (Å²) in [5, 5.41) is 0.599. The molecule has 1 aliphatic rings. The van der Waals surface area contributed by atoms with Crippen molar-refractivity contribution >= 4 is 11.6 Å². The number of halogens is 1. The van der Waals surface area contributed by atoms with Crippen LogP contribution in [0.3, 0.4) is 0 Å². The number of hydrogen-bond acceptors (Lipinski definition) is 1. The van der Waals surface area contributed by atoms with Crippen LogP contribution in [0.1, 0.15) is 25.0 Å². The Hall–Kier alpha value is -0.820. The van der Waals surface area contributed by atoms with Gasteiger partial charge in [0.15, 0.2) is 0 Å². The molecule has 0 radical (unpaired) electrons. The first-order valence-electron chi connectivity index (χ1n) is 5.13. The quantitative estimate of drug-likeness (QED) is 0.533. The molecule has 0 spiro atoms. The highest BCUT2D eigenvalue weighted by atomic mass is 35.5.